The monoisotopic (exact) mass is 403 g/mol. The molecular weight excluding hydrogens is 384 g/mol. The number of quaternary nitrogens is 1. The summed E-state index contributed by atoms with van der Waals surface area (Å²) in [6.45, 7) is 0. The van der Waals surface area contributed by atoms with Gasteiger partial charge in [0, 0.05) is 22.6 Å². The molecule has 27 heavy (non-hydrogen) atoms. The van der Waals surface area contributed by atoms with Gasteiger partial charge >= 0.3 is 5.97 Å². The molecule has 0 saturated carbocycles. The molecule has 0 radical (unpaired) electrons. The van der Waals surface area contributed by atoms with E-state index in [0.717, 1.165) is 34.1 Å². The van der Waals surface area contributed by atoms with Crippen LogP contribution >= 0.6 is 23.5 Å². The zero-order valence-electron chi connectivity index (χ0n) is 14.8. The van der Waals surface area contributed by atoms with Gasteiger partial charge < -0.3 is 5.11 Å². The van der Waals surface area contributed by atoms with Crippen molar-refractivity contribution in [1.82, 2.24) is 15.2 Å². The maximum atomic E-state index is 10.7. The minimum atomic E-state index is -0.904. The Morgan fingerprint density at radius 3 is 2.78 bits per heavy atom. The summed E-state index contributed by atoms with van der Waals surface area (Å²) in [6, 6.07) is 14.3. The van der Waals surface area contributed by atoms with Crippen molar-refractivity contribution in [1.29, 1.82) is 0 Å². The van der Waals surface area contributed by atoms with E-state index >= 15 is 0 Å². The molecule has 140 valence electrons. The number of hydrogen-bond acceptors (Lipinski definition) is 6. The topological polar surface area (TPSA) is 105 Å². The van der Waals surface area contributed by atoms with Gasteiger partial charge in [0.15, 0.2) is 11.5 Å². The lowest BCUT2D eigenvalue weighted by Crippen LogP contribution is -2.75. The molecule has 0 unspecified atom stereocenters. The highest BCUT2D eigenvalue weighted by Crippen LogP contribution is 2.30. The molecule has 0 aliphatic carbocycles. The number of hydrogen-bond donors (Lipinski definition) is 3. The number of H-pyrrole nitrogens is 1. The number of aliphatic carboxylic acids is 1. The van der Waals surface area contributed by atoms with Gasteiger partial charge in [-0.15, -0.1) is 16.9 Å². The molecule has 3 aromatic rings. The maximum absolute atomic E-state index is 10.7. The average Bonchev–Trinajstić information content (AvgIpc) is 3.15. The van der Waals surface area contributed by atoms with Crippen molar-refractivity contribution in [2.24, 2.45) is 0 Å². The summed E-state index contributed by atoms with van der Waals surface area (Å²) in [4.78, 5) is 21.5. The molecule has 7 nitrogen and oxygen atoms in total. The van der Waals surface area contributed by atoms with Crippen LogP contribution < -0.4 is 5.48 Å². The summed E-state index contributed by atoms with van der Waals surface area (Å²) in [5.74, 6) is -0.405. The first-order valence-electron chi connectivity index (χ1n) is 8.02. The average molecular weight is 404 g/mol. The zero-order chi connectivity index (χ0) is 19.2. The third kappa shape index (κ3) is 5.10. The molecule has 3 rings (SSSR count). The van der Waals surface area contributed by atoms with E-state index in [2.05, 4.69) is 33.4 Å². The molecular formula is C18H19N4O3S2+. The van der Waals surface area contributed by atoms with Gasteiger partial charge in [-0.05, 0) is 35.6 Å². The van der Waals surface area contributed by atoms with Gasteiger partial charge in [-0.25, -0.2) is 9.82 Å². The van der Waals surface area contributed by atoms with Crippen LogP contribution in [0.2, 0.25) is 0 Å². The second-order valence-corrected chi connectivity index (χ2v) is 7.40. The molecule has 0 bridgehead atoms. The Morgan fingerprint density at radius 1 is 1.22 bits per heavy atom. The van der Waals surface area contributed by atoms with Crippen molar-refractivity contribution < 1.29 is 20.2 Å². The standard InChI is InChI=1S/C18H18N4O3S2/c1-25-22-14-7-12(11-4-3-5-15(9-11)26-2)6-13(8-14)17-19-18(21-20-17)27-10-16(23)24/h3-9,22H,10H2,1-2H3,(H,23,24)(H,19,20,21)/p+1. The van der Waals surface area contributed by atoms with E-state index in [1.54, 1.807) is 24.4 Å². The minimum absolute atomic E-state index is 0.0818. The summed E-state index contributed by atoms with van der Waals surface area (Å²) in [5, 5.41) is 16.2. The largest absolute Gasteiger partial charge is 0.481 e. The third-order valence-corrected chi connectivity index (χ3v) is 5.23. The molecule has 0 atom stereocenters. The lowest BCUT2D eigenvalue weighted by molar-refractivity contribution is -0.830. The Hall–Kier alpha value is -2.33. The van der Waals surface area contributed by atoms with Gasteiger partial charge in [0.25, 0.3) is 0 Å². The highest BCUT2D eigenvalue weighted by molar-refractivity contribution is 7.99. The van der Waals surface area contributed by atoms with Crippen molar-refractivity contribution in [3.63, 3.8) is 0 Å². The van der Waals surface area contributed by atoms with E-state index in [9.17, 15) is 4.79 Å². The van der Waals surface area contributed by atoms with E-state index in [1.165, 1.54) is 4.90 Å². The van der Waals surface area contributed by atoms with Crippen LogP contribution in [0.5, 0.6) is 0 Å². The predicted octanol–water partition coefficient (Wildman–Crippen LogP) is 2.79. The van der Waals surface area contributed by atoms with E-state index in [4.69, 9.17) is 9.94 Å². The first-order chi connectivity index (χ1) is 13.1. The third-order valence-electron chi connectivity index (χ3n) is 3.68. The second-order valence-electron chi connectivity index (χ2n) is 5.58. The molecule has 1 heterocycles. The first kappa shape index (κ1) is 19.4. The van der Waals surface area contributed by atoms with Crippen LogP contribution in [0.1, 0.15) is 0 Å². The van der Waals surface area contributed by atoms with Gasteiger partial charge in [-0.3, -0.25) is 9.89 Å². The minimum Gasteiger partial charge on any atom is -0.481 e. The van der Waals surface area contributed by atoms with Gasteiger partial charge in [0.1, 0.15) is 0 Å². The number of nitrogens with two attached hydrogens (primary N) is 1. The number of carbonyl (C=O) groups is 1. The summed E-state index contributed by atoms with van der Waals surface area (Å²) in [7, 11) is 1.61. The van der Waals surface area contributed by atoms with Crippen LogP contribution in [0.4, 0.5) is 5.69 Å². The number of carboxylic acid groups (broad SMARTS) is 1. The molecule has 4 N–H and O–H groups in total. The van der Waals surface area contributed by atoms with Crippen LogP contribution in [0.25, 0.3) is 22.5 Å². The second kappa shape index (κ2) is 9.05. The fourth-order valence-corrected chi connectivity index (χ4v) is 3.51. The van der Waals surface area contributed by atoms with Crippen molar-refractivity contribution in [2.75, 3.05) is 19.1 Å². The molecule has 2 aromatic carbocycles. The van der Waals surface area contributed by atoms with Gasteiger partial charge in [0.05, 0.1) is 12.9 Å². The van der Waals surface area contributed by atoms with E-state index in [0.29, 0.717) is 11.0 Å². The molecule has 0 saturated heterocycles. The van der Waals surface area contributed by atoms with Gasteiger partial charge in [-0.1, -0.05) is 23.9 Å². The number of aromatic nitrogens is 3. The smallest absolute Gasteiger partial charge is 0.313 e. The molecule has 0 fully saturated rings. The first-order valence-corrected chi connectivity index (χ1v) is 10.2. The van der Waals surface area contributed by atoms with Crippen LogP contribution in [0, 0.1) is 0 Å². The van der Waals surface area contributed by atoms with Crippen molar-refractivity contribution >= 4 is 35.2 Å². The molecule has 0 aliphatic heterocycles. The number of aromatic amines is 1. The number of thioether (sulfide) groups is 2. The predicted molar refractivity (Wildman–Crippen MR) is 106 cm³/mol. The van der Waals surface area contributed by atoms with Crippen LogP contribution in [0.15, 0.2) is 52.5 Å². The summed E-state index contributed by atoms with van der Waals surface area (Å²) < 4.78 is 0. The number of benzene rings is 2. The van der Waals surface area contributed by atoms with Crippen LogP contribution in [0.3, 0.4) is 0 Å². The quantitative estimate of drug-likeness (QED) is 0.302. The molecule has 9 heteroatoms. The maximum Gasteiger partial charge on any atom is 0.313 e. The zero-order valence-corrected chi connectivity index (χ0v) is 16.4. The van der Waals surface area contributed by atoms with Gasteiger partial charge in [0.2, 0.25) is 5.16 Å². The van der Waals surface area contributed by atoms with Gasteiger partial charge in [-0.2, -0.15) is 5.48 Å². The van der Waals surface area contributed by atoms with Crippen molar-refractivity contribution in [3.05, 3.63) is 42.5 Å². The number of carboxylic acids is 1. The Bertz CT molecular complexity index is 946. The van der Waals surface area contributed by atoms with Crippen LogP contribution in [-0.4, -0.2) is 45.4 Å². The van der Waals surface area contributed by atoms with Crippen LogP contribution in [-0.2, 0) is 9.63 Å². The van der Waals surface area contributed by atoms with E-state index < -0.39 is 5.97 Å². The van der Waals surface area contributed by atoms with E-state index in [1.807, 2.05) is 30.5 Å². The lowest BCUT2D eigenvalue weighted by Gasteiger charge is -2.08. The number of nitrogens with zero attached hydrogens (tertiary/aromatic N) is 2. The number of nitrogens with one attached hydrogen (secondary N) is 1. The summed E-state index contributed by atoms with van der Waals surface area (Å²) >= 11 is 2.77. The summed E-state index contributed by atoms with van der Waals surface area (Å²) in [6.07, 6.45) is 2.05. The molecule has 1 aromatic heterocycles. The Kier molecular flexibility index (Phi) is 6.51. The van der Waals surface area contributed by atoms with Crippen molar-refractivity contribution in [3.8, 4) is 22.5 Å². The summed E-state index contributed by atoms with van der Waals surface area (Å²) in [5.41, 5.74) is 5.54. The normalized spacial score (nSPS) is 10.9. The molecule has 0 spiro atoms. The highest BCUT2D eigenvalue weighted by atomic mass is 32.2. The number of rotatable bonds is 8. The Labute approximate surface area is 164 Å². The lowest BCUT2D eigenvalue weighted by atomic mass is 10.0. The fourth-order valence-electron chi connectivity index (χ4n) is 2.53. The fraction of sp³-hybridized carbons (Fsp3) is 0.167. The van der Waals surface area contributed by atoms with E-state index in [-0.39, 0.29) is 5.75 Å². The Balaban J connectivity index is 1.97. The molecule has 0 amide bonds. The SMILES string of the molecule is CO[NH2+]c1cc(-c2cccc(SC)c2)cc(-c2nc(SCC(=O)O)n[nH]2)c1. The Morgan fingerprint density at radius 2 is 2.04 bits per heavy atom. The van der Waals surface area contributed by atoms with Crippen molar-refractivity contribution in [2.45, 2.75) is 10.1 Å². The molecule has 0 aliphatic rings. The highest BCUT2D eigenvalue weighted by Gasteiger charge is 2.13.